The van der Waals surface area contributed by atoms with Crippen LogP contribution in [0.2, 0.25) is 0 Å². The van der Waals surface area contributed by atoms with E-state index in [4.69, 9.17) is 4.42 Å². The number of halogens is 3. The van der Waals surface area contributed by atoms with Gasteiger partial charge >= 0.3 is 6.18 Å². The predicted molar refractivity (Wildman–Crippen MR) is 158 cm³/mol. The van der Waals surface area contributed by atoms with Crippen LogP contribution >= 0.6 is 0 Å². The summed E-state index contributed by atoms with van der Waals surface area (Å²) in [5.41, 5.74) is 2.84. The zero-order valence-corrected chi connectivity index (χ0v) is 25.3. The number of hydrogen-bond acceptors (Lipinski definition) is 6. The summed E-state index contributed by atoms with van der Waals surface area (Å²) in [6, 6.07) is 11.1. The normalized spacial score (nSPS) is 18.7. The number of hydrogen-bond donors (Lipinski definition) is 2. The smallest absolute Gasteiger partial charge is 0.403 e. The Kier molecular flexibility index (Phi) is 6.57. The number of carbonyl (C=O) groups is 2. The van der Waals surface area contributed by atoms with Gasteiger partial charge in [-0.25, -0.2) is 4.98 Å². The average molecular weight is 607 g/mol. The van der Waals surface area contributed by atoms with Gasteiger partial charge < -0.3 is 19.6 Å². The van der Waals surface area contributed by atoms with Crippen LogP contribution in [-0.4, -0.2) is 37.7 Å². The highest BCUT2D eigenvalue weighted by Crippen LogP contribution is 2.58. The number of alkyl halides is 3. The predicted octanol–water partition coefficient (Wildman–Crippen LogP) is 6.79. The lowest BCUT2D eigenvalue weighted by atomic mass is 9.86. The molecule has 0 bridgehead atoms. The second-order valence-electron chi connectivity index (χ2n) is 13.0. The Morgan fingerprint density at radius 1 is 0.886 bits per heavy atom. The number of aromatic nitrogens is 4. The summed E-state index contributed by atoms with van der Waals surface area (Å²) in [6.07, 6.45) is -0.612. The summed E-state index contributed by atoms with van der Waals surface area (Å²) in [5, 5.41) is 13.1. The molecule has 1 aliphatic carbocycles. The minimum Gasteiger partial charge on any atom is -0.420 e. The van der Waals surface area contributed by atoms with Crippen LogP contribution in [0, 0.1) is 0 Å². The van der Waals surface area contributed by atoms with Gasteiger partial charge in [0, 0.05) is 28.8 Å². The topological polar surface area (TPSA) is 115 Å². The van der Waals surface area contributed by atoms with Crippen molar-refractivity contribution in [1.82, 2.24) is 19.7 Å². The molecule has 0 radical (unpaired) electrons. The van der Waals surface area contributed by atoms with Gasteiger partial charge in [-0.1, -0.05) is 26.0 Å². The fraction of sp³-hybridized carbons (Fsp3) is 0.406. The molecule has 2 amide bonds. The van der Waals surface area contributed by atoms with E-state index in [2.05, 4.69) is 39.7 Å². The largest absolute Gasteiger partial charge is 0.420 e. The van der Waals surface area contributed by atoms with E-state index in [-0.39, 0.29) is 30.5 Å². The first-order valence-corrected chi connectivity index (χ1v) is 14.4. The first-order chi connectivity index (χ1) is 20.5. The Morgan fingerprint density at radius 2 is 1.48 bits per heavy atom. The van der Waals surface area contributed by atoms with Crippen molar-refractivity contribution in [2.45, 2.75) is 82.7 Å². The van der Waals surface area contributed by atoms with E-state index in [0.29, 0.717) is 17.2 Å². The molecule has 0 spiro atoms. The lowest BCUT2D eigenvalue weighted by molar-refractivity contribution is -0.165. The van der Waals surface area contributed by atoms with E-state index in [1.165, 1.54) is 0 Å². The van der Waals surface area contributed by atoms with Crippen molar-refractivity contribution in [2.24, 2.45) is 0 Å². The lowest BCUT2D eigenvalue weighted by Crippen LogP contribution is -2.28. The zero-order valence-electron chi connectivity index (χ0n) is 25.3. The highest BCUT2D eigenvalue weighted by molar-refractivity contribution is 6.06. The SMILES string of the molecule is CC(C)c1cn(-c2ccc3c(c2)NC(=O)C3(C)C)cn1.CC1(C)C(=O)Nc2cc(-c3nnc(C4(C(F)(F)F)CC4)o3)ccc21. The third-order valence-electron chi connectivity index (χ3n) is 8.87. The average Bonchev–Trinajstić information content (AvgIpc) is 3.23. The Balaban J connectivity index is 0.000000159. The quantitative estimate of drug-likeness (QED) is 0.265. The van der Waals surface area contributed by atoms with Gasteiger partial charge in [-0.05, 0) is 81.8 Å². The molecule has 3 aliphatic rings. The number of amides is 2. The highest BCUT2D eigenvalue weighted by atomic mass is 19.4. The van der Waals surface area contributed by atoms with Crippen LogP contribution in [0.3, 0.4) is 0 Å². The van der Waals surface area contributed by atoms with Crippen molar-refractivity contribution < 1.29 is 27.2 Å². The fourth-order valence-electron chi connectivity index (χ4n) is 5.52. The van der Waals surface area contributed by atoms with E-state index in [9.17, 15) is 22.8 Å². The van der Waals surface area contributed by atoms with E-state index in [1.807, 2.05) is 49.1 Å². The van der Waals surface area contributed by atoms with Gasteiger partial charge in [0.25, 0.3) is 0 Å². The molecule has 12 heteroatoms. The van der Waals surface area contributed by atoms with Gasteiger partial charge in [0.05, 0.1) is 22.9 Å². The number of nitrogens with one attached hydrogen (secondary N) is 2. The second-order valence-corrected chi connectivity index (χ2v) is 13.0. The van der Waals surface area contributed by atoms with Crippen LogP contribution in [0.25, 0.3) is 17.1 Å². The van der Waals surface area contributed by atoms with Gasteiger partial charge in [0.1, 0.15) is 5.41 Å². The highest BCUT2D eigenvalue weighted by Gasteiger charge is 2.68. The lowest BCUT2D eigenvalue weighted by Gasteiger charge is -2.15. The summed E-state index contributed by atoms with van der Waals surface area (Å²) >= 11 is 0. The number of rotatable bonds is 4. The van der Waals surface area contributed by atoms with Gasteiger partial charge in [-0.15, -0.1) is 10.2 Å². The summed E-state index contributed by atoms with van der Waals surface area (Å²) < 4.78 is 46.7. The molecule has 7 rings (SSSR count). The molecule has 0 unspecified atom stereocenters. The van der Waals surface area contributed by atoms with Gasteiger partial charge in [0.15, 0.2) is 0 Å². The number of carbonyl (C=O) groups excluding carboxylic acids is 2. The van der Waals surface area contributed by atoms with Crippen LogP contribution in [0.1, 0.15) is 83.0 Å². The van der Waals surface area contributed by atoms with E-state index in [1.54, 1.807) is 32.0 Å². The zero-order chi connectivity index (χ0) is 31.8. The van der Waals surface area contributed by atoms with Crippen molar-refractivity contribution in [2.75, 3.05) is 10.6 Å². The van der Waals surface area contributed by atoms with Crippen LogP contribution in [0.5, 0.6) is 0 Å². The van der Waals surface area contributed by atoms with Crippen LogP contribution in [0.15, 0.2) is 53.3 Å². The Hall–Kier alpha value is -4.48. The van der Waals surface area contributed by atoms with E-state index in [0.717, 1.165) is 28.2 Å². The monoisotopic (exact) mass is 606 g/mol. The van der Waals surface area contributed by atoms with Crippen LogP contribution in [-0.2, 0) is 25.8 Å². The summed E-state index contributed by atoms with van der Waals surface area (Å²) in [4.78, 5) is 28.3. The molecule has 4 aromatic rings. The standard InChI is InChI=1S/C16H14F3N3O2.C16H19N3O/c1-14(2)9-4-3-8(7-10(9)20-12(14)23)11-21-22-13(24-11)15(5-6-15)16(17,18)19;1-10(2)14-8-19(9-17-14)11-5-6-12-13(7-11)18-15(20)16(12,3)4/h3-4,7H,5-6H2,1-2H3,(H,20,23);5-10H,1-4H3,(H,18,20). The number of nitrogens with zero attached hydrogens (tertiary/aromatic N) is 4. The van der Waals surface area contributed by atoms with Crippen molar-refractivity contribution in [3.8, 4) is 17.1 Å². The summed E-state index contributed by atoms with van der Waals surface area (Å²) in [7, 11) is 0. The van der Waals surface area contributed by atoms with Crippen molar-refractivity contribution in [1.29, 1.82) is 0 Å². The van der Waals surface area contributed by atoms with Gasteiger partial charge in [-0.3, -0.25) is 9.59 Å². The molecule has 2 aliphatic heterocycles. The molecule has 0 atom stereocenters. The van der Waals surface area contributed by atoms with Gasteiger partial charge in [-0.2, -0.15) is 13.2 Å². The summed E-state index contributed by atoms with van der Waals surface area (Å²) in [6.45, 7) is 11.7. The molecule has 44 heavy (non-hydrogen) atoms. The van der Waals surface area contributed by atoms with E-state index >= 15 is 0 Å². The van der Waals surface area contributed by atoms with Crippen LogP contribution in [0.4, 0.5) is 24.5 Å². The fourth-order valence-corrected chi connectivity index (χ4v) is 5.52. The van der Waals surface area contributed by atoms with Crippen LogP contribution < -0.4 is 10.6 Å². The molecular formula is C32H33F3N6O3. The van der Waals surface area contributed by atoms with Crippen molar-refractivity contribution in [3.05, 3.63) is 71.6 Å². The molecule has 2 aromatic heterocycles. The first kappa shape index (κ1) is 29.6. The molecule has 2 aromatic carbocycles. The number of anilines is 2. The maximum atomic E-state index is 13.1. The molecule has 230 valence electrons. The molecule has 4 heterocycles. The number of imidazole rings is 1. The Bertz CT molecular complexity index is 1800. The minimum atomic E-state index is -4.40. The third-order valence-corrected chi connectivity index (χ3v) is 8.87. The molecule has 9 nitrogen and oxygen atoms in total. The van der Waals surface area contributed by atoms with Crippen molar-refractivity contribution in [3.63, 3.8) is 0 Å². The number of benzene rings is 2. The minimum absolute atomic E-state index is 0.0160. The number of fused-ring (bicyclic) bond motifs is 2. The molecule has 1 fully saturated rings. The van der Waals surface area contributed by atoms with E-state index < -0.39 is 28.3 Å². The molecule has 2 N–H and O–H groups in total. The first-order valence-electron chi connectivity index (χ1n) is 14.4. The molecular weight excluding hydrogens is 573 g/mol. The summed E-state index contributed by atoms with van der Waals surface area (Å²) in [5.74, 6) is -0.0468. The van der Waals surface area contributed by atoms with Crippen molar-refractivity contribution >= 4 is 23.2 Å². The maximum Gasteiger partial charge on any atom is 0.403 e. The molecule has 1 saturated carbocycles. The van der Waals surface area contributed by atoms with Gasteiger partial charge in [0.2, 0.25) is 23.6 Å². The third kappa shape index (κ3) is 4.67. The Morgan fingerprint density at radius 3 is 2.02 bits per heavy atom. The maximum absolute atomic E-state index is 13.1. The Labute approximate surface area is 252 Å². The second kappa shape index (κ2) is 9.76. The molecule has 0 saturated heterocycles.